The molecule has 0 aliphatic rings. The summed E-state index contributed by atoms with van der Waals surface area (Å²) >= 11 is 4.81. The van der Waals surface area contributed by atoms with Crippen LogP contribution in [0.2, 0.25) is 0 Å². The molecule has 0 unspecified atom stereocenters. The minimum atomic E-state index is 0.0382. The normalized spacial score (nSPS) is 10.4. The molecular formula is C14H21N3OS. The first-order chi connectivity index (χ1) is 8.79. The van der Waals surface area contributed by atoms with Gasteiger partial charge in [0.05, 0.1) is 0 Å². The van der Waals surface area contributed by atoms with Crippen molar-refractivity contribution in [1.82, 2.24) is 0 Å². The number of anilines is 2. The molecule has 1 amide bonds. The molecule has 4 N–H and O–H groups in total. The lowest BCUT2D eigenvalue weighted by molar-refractivity contribution is -0.116. The summed E-state index contributed by atoms with van der Waals surface area (Å²) in [5.41, 5.74) is 9.11. The molecule has 0 aliphatic carbocycles. The molecule has 1 rings (SSSR count). The highest BCUT2D eigenvalue weighted by Crippen LogP contribution is 2.25. The van der Waals surface area contributed by atoms with Crippen LogP contribution in [0, 0.1) is 19.8 Å². The molecule has 4 nitrogen and oxygen atoms in total. The second-order valence-electron chi connectivity index (χ2n) is 5.12. The Kier molecular flexibility index (Phi) is 5.30. The lowest BCUT2D eigenvalue weighted by Gasteiger charge is -2.15. The number of nitrogens with two attached hydrogens (primary N) is 1. The first-order valence-electron chi connectivity index (χ1n) is 6.27. The lowest BCUT2D eigenvalue weighted by atomic mass is 10.1. The van der Waals surface area contributed by atoms with E-state index in [4.69, 9.17) is 18.0 Å². The first kappa shape index (κ1) is 15.4. The van der Waals surface area contributed by atoms with Gasteiger partial charge in [-0.2, -0.15) is 0 Å². The Morgan fingerprint density at radius 3 is 2.21 bits per heavy atom. The van der Waals surface area contributed by atoms with Crippen LogP contribution in [-0.4, -0.2) is 11.0 Å². The van der Waals surface area contributed by atoms with E-state index in [0.717, 1.165) is 22.5 Å². The Morgan fingerprint density at radius 1 is 1.26 bits per heavy atom. The SMILES string of the molecule is Cc1cc(NC(N)=S)cc(C)c1NC(=O)CC(C)C. The molecule has 0 radical (unpaired) electrons. The molecule has 1 aromatic rings. The Bertz CT molecular complexity index is 474. The molecule has 19 heavy (non-hydrogen) atoms. The third kappa shape index (κ3) is 4.87. The molecule has 0 spiro atoms. The number of thiocarbonyl (C=S) groups is 1. The summed E-state index contributed by atoms with van der Waals surface area (Å²) in [7, 11) is 0. The van der Waals surface area contributed by atoms with Crippen LogP contribution in [0.15, 0.2) is 12.1 Å². The van der Waals surface area contributed by atoms with Crippen LogP contribution in [0.25, 0.3) is 0 Å². The molecule has 0 bridgehead atoms. The number of rotatable bonds is 4. The minimum absolute atomic E-state index is 0.0382. The van der Waals surface area contributed by atoms with Gasteiger partial charge < -0.3 is 16.4 Å². The van der Waals surface area contributed by atoms with Gasteiger partial charge in [-0.1, -0.05) is 13.8 Å². The van der Waals surface area contributed by atoms with Crippen LogP contribution < -0.4 is 16.4 Å². The van der Waals surface area contributed by atoms with E-state index < -0.39 is 0 Å². The minimum Gasteiger partial charge on any atom is -0.376 e. The highest BCUT2D eigenvalue weighted by Gasteiger charge is 2.10. The number of carbonyl (C=O) groups excluding carboxylic acids is 1. The predicted molar refractivity (Wildman–Crippen MR) is 84.4 cm³/mol. The summed E-state index contributed by atoms with van der Waals surface area (Å²) in [6, 6.07) is 3.83. The van der Waals surface area contributed by atoms with Gasteiger partial charge in [-0.05, 0) is 55.2 Å². The molecule has 0 saturated heterocycles. The molecule has 0 atom stereocenters. The van der Waals surface area contributed by atoms with E-state index in [1.807, 2.05) is 39.8 Å². The maximum absolute atomic E-state index is 11.8. The molecule has 0 heterocycles. The van der Waals surface area contributed by atoms with Crippen molar-refractivity contribution in [1.29, 1.82) is 0 Å². The molecule has 104 valence electrons. The van der Waals surface area contributed by atoms with Crippen molar-refractivity contribution in [2.45, 2.75) is 34.1 Å². The predicted octanol–water partition coefficient (Wildman–Crippen LogP) is 2.94. The van der Waals surface area contributed by atoms with Crippen LogP contribution in [0.3, 0.4) is 0 Å². The van der Waals surface area contributed by atoms with Crippen molar-refractivity contribution in [2.24, 2.45) is 11.7 Å². The number of hydrogen-bond donors (Lipinski definition) is 3. The Labute approximate surface area is 119 Å². The highest BCUT2D eigenvalue weighted by molar-refractivity contribution is 7.80. The fourth-order valence-electron chi connectivity index (χ4n) is 1.94. The molecule has 0 aromatic heterocycles. The fourth-order valence-corrected chi connectivity index (χ4v) is 2.05. The van der Waals surface area contributed by atoms with Crippen molar-refractivity contribution >= 4 is 34.6 Å². The molecule has 0 fully saturated rings. The summed E-state index contributed by atoms with van der Waals surface area (Å²) in [6.07, 6.45) is 0.520. The number of aryl methyl sites for hydroxylation is 2. The smallest absolute Gasteiger partial charge is 0.224 e. The zero-order valence-electron chi connectivity index (χ0n) is 11.8. The summed E-state index contributed by atoms with van der Waals surface area (Å²) in [4.78, 5) is 11.8. The lowest BCUT2D eigenvalue weighted by Crippen LogP contribution is -2.19. The van der Waals surface area contributed by atoms with E-state index >= 15 is 0 Å². The van der Waals surface area contributed by atoms with Gasteiger partial charge in [-0.25, -0.2) is 0 Å². The average molecular weight is 279 g/mol. The Morgan fingerprint density at radius 2 is 1.79 bits per heavy atom. The molecule has 1 aromatic carbocycles. The van der Waals surface area contributed by atoms with E-state index in [1.165, 1.54) is 0 Å². The van der Waals surface area contributed by atoms with Crippen LogP contribution in [0.1, 0.15) is 31.4 Å². The molecule has 5 heteroatoms. The number of amides is 1. The van der Waals surface area contributed by atoms with Crippen LogP contribution >= 0.6 is 12.2 Å². The monoisotopic (exact) mass is 279 g/mol. The molecule has 0 aliphatic heterocycles. The van der Waals surface area contributed by atoms with Gasteiger partial charge in [0.25, 0.3) is 0 Å². The van der Waals surface area contributed by atoms with E-state index in [2.05, 4.69) is 10.6 Å². The summed E-state index contributed by atoms with van der Waals surface area (Å²) in [6.45, 7) is 7.94. The number of nitrogens with one attached hydrogen (secondary N) is 2. The Balaban J connectivity index is 2.91. The van der Waals surface area contributed by atoms with Crippen LogP contribution in [0.4, 0.5) is 11.4 Å². The number of hydrogen-bond acceptors (Lipinski definition) is 2. The van der Waals surface area contributed by atoms with E-state index in [9.17, 15) is 4.79 Å². The maximum atomic E-state index is 11.8. The third-order valence-electron chi connectivity index (χ3n) is 2.66. The van der Waals surface area contributed by atoms with Gasteiger partial charge in [-0.15, -0.1) is 0 Å². The highest BCUT2D eigenvalue weighted by atomic mass is 32.1. The molecular weight excluding hydrogens is 258 g/mol. The largest absolute Gasteiger partial charge is 0.376 e. The van der Waals surface area contributed by atoms with Crippen LogP contribution in [-0.2, 0) is 4.79 Å². The Hall–Kier alpha value is -1.62. The van der Waals surface area contributed by atoms with E-state index in [1.54, 1.807) is 0 Å². The fraction of sp³-hybridized carbons (Fsp3) is 0.429. The first-order valence-corrected chi connectivity index (χ1v) is 6.68. The van der Waals surface area contributed by atoms with Gasteiger partial charge in [0.2, 0.25) is 5.91 Å². The van der Waals surface area contributed by atoms with Gasteiger partial charge >= 0.3 is 0 Å². The summed E-state index contributed by atoms with van der Waals surface area (Å²) in [5, 5.41) is 6.09. The number of benzene rings is 1. The van der Waals surface area contributed by atoms with Crippen molar-refractivity contribution < 1.29 is 4.79 Å². The van der Waals surface area contributed by atoms with Gasteiger partial charge in [0.15, 0.2) is 5.11 Å². The van der Waals surface area contributed by atoms with Gasteiger partial charge in [0.1, 0.15) is 0 Å². The average Bonchev–Trinajstić information content (AvgIpc) is 2.21. The second kappa shape index (κ2) is 6.52. The quantitative estimate of drug-likeness (QED) is 0.741. The van der Waals surface area contributed by atoms with E-state index in [0.29, 0.717) is 12.3 Å². The van der Waals surface area contributed by atoms with Crippen molar-refractivity contribution in [3.8, 4) is 0 Å². The molecule has 0 saturated carbocycles. The number of carbonyl (C=O) groups is 1. The van der Waals surface area contributed by atoms with E-state index in [-0.39, 0.29) is 11.0 Å². The topological polar surface area (TPSA) is 67.2 Å². The van der Waals surface area contributed by atoms with Crippen molar-refractivity contribution in [3.63, 3.8) is 0 Å². The summed E-state index contributed by atoms with van der Waals surface area (Å²) in [5.74, 6) is 0.382. The third-order valence-corrected chi connectivity index (χ3v) is 2.76. The van der Waals surface area contributed by atoms with Gasteiger partial charge in [-0.3, -0.25) is 4.79 Å². The van der Waals surface area contributed by atoms with Crippen molar-refractivity contribution in [3.05, 3.63) is 23.3 Å². The zero-order chi connectivity index (χ0) is 14.6. The standard InChI is InChI=1S/C14H21N3OS/c1-8(2)5-12(18)17-13-9(3)6-11(7-10(13)4)16-14(15)19/h6-8H,5H2,1-4H3,(H,17,18)(H3,15,16,19). The van der Waals surface area contributed by atoms with Gasteiger partial charge in [0, 0.05) is 17.8 Å². The maximum Gasteiger partial charge on any atom is 0.224 e. The van der Waals surface area contributed by atoms with Crippen LogP contribution in [0.5, 0.6) is 0 Å². The van der Waals surface area contributed by atoms with Crippen molar-refractivity contribution in [2.75, 3.05) is 10.6 Å². The zero-order valence-corrected chi connectivity index (χ0v) is 12.6. The second-order valence-corrected chi connectivity index (χ2v) is 5.56. The summed E-state index contributed by atoms with van der Waals surface area (Å²) < 4.78 is 0.